The van der Waals surface area contributed by atoms with E-state index >= 15 is 0 Å². The molecule has 0 aromatic heterocycles. The third kappa shape index (κ3) is 9.42. The van der Waals surface area contributed by atoms with Crippen LogP contribution in [-0.2, 0) is 4.79 Å². The number of hydrogen-bond donors (Lipinski definition) is 2. The molecule has 0 aliphatic carbocycles. The second-order valence-electron chi connectivity index (χ2n) is 5.03. The molecule has 0 aromatic rings. The van der Waals surface area contributed by atoms with E-state index in [0.29, 0.717) is 6.54 Å². The molecule has 0 saturated carbocycles. The lowest BCUT2D eigenvalue weighted by Gasteiger charge is -2.23. The van der Waals surface area contributed by atoms with Crippen molar-refractivity contribution in [3.63, 3.8) is 0 Å². The van der Waals surface area contributed by atoms with Crippen molar-refractivity contribution in [2.75, 3.05) is 26.2 Å². The number of aliphatic hydroxyl groups is 1. The first kappa shape index (κ1) is 17.4. The van der Waals surface area contributed by atoms with Crippen LogP contribution in [0.1, 0.15) is 52.4 Å². The Balaban J connectivity index is 3.87. The fourth-order valence-electron chi connectivity index (χ4n) is 1.99. The Kier molecular flexibility index (Phi) is 11.1. The van der Waals surface area contributed by atoms with Crippen molar-refractivity contribution >= 4 is 5.97 Å². The van der Waals surface area contributed by atoms with Crippen molar-refractivity contribution in [3.05, 3.63) is 0 Å². The third-order valence-electron chi connectivity index (χ3n) is 3.16. The fourth-order valence-corrected chi connectivity index (χ4v) is 1.99. The molecule has 0 fully saturated rings. The molecule has 0 spiro atoms. The molecule has 1 unspecified atom stereocenters. The molecule has 0 rings (SSSR count). The highest BCUT2D eigenvalue weighted by Crippen LogP contribution is 2.07. The van der Waals surface area contributed by atoms with Crippen LogP contribution in [0.25, 0.3) is 0 Å². The summed E-state index contributed by atoms with van der Waals surface area (Å²) in [5.74, 6) is -1.07. The summed E-state index contributed by atoms with van der Waals surface area (Å²) in [7, 11) is 0. The number of aliphatic carboxylic acids is 1. The molecule has 0 aliphatic rings. The van der Waals surface area contributed by atoms with Gasteiger partial charge in [0, 0.05) is 19.7 Å². The maximum Gasteiger partial charge on any atom is 0.307 e. The van der Waals surface area contributed by atoms with Gasteiger partial charge >= 0.3 is 5.97 Å². The Bertz CT molecular complexity index is 209. The zero-order chi connectivity index (χ0) is 13.8. The molecule has 0 saturated heterocycles. The van der Waals surface area contributed by atoms with Crippen LogP contribution in [0.2, 0.25) is 0 Å². The van der Waals surface area contributed by atoms with E-state index in [4.69, 9.17) is 10.2 Å². The van der Waals surface area contributed by atoms with Crippen molar-refractivity contribution < 1.29 is 15.0 Å². The number of carbonyl (C=O) groups is 1. The van der Waals surface area contributed by atoms with Gasteiger partial charge in [-0.1, -0.05) is 39.5 Å². The first-order chi connectivity index (χ1) is 8.61. The summed E-state index contributed by atoms with van der Waals surface area (Å²) in [6.45, 7) is 6.44. The zero-order valence-corrected chi connectivity index (χ0v) is 11.9. The van der Waals surface area contributed by atoms with Crippen LogP contribution < -0.4 is 0 Å². The number of rotatable bonds is 12. The predicted octanol–water partition coefficient (Wildman–Crippen LogP) is 2.36. The van der Waals surface area contributed by atoms with Crippen LogP contribution in [0.15, 0.2) is 0 Å². The maximum absolute atomic E-state index is 10.8. The lowest BCUT2D eigenvalue weighted by atomic mass is 10.1. The molecule has 1 atom stereocenters. The van der Waals surface area contributed by atoms with Gasteiger partial charge in [0.05, 0.1) is 5.92 Å². The lowest BCUT2D eigenvalue weighted by molar-refractivity contribution is -0.141. The summed E-state index contributed by atoms with van der Waals surface area (Å²) >= 11 is 0. The molecule has 4 heteroatoms. The number of carboxylic acid groups (broad SMARTS) is 1. The van der Waals surface area contributed by atoms with Crippen LogP contribution in [-0.4, -0.2) is 47.3 Å². The number of carboxylic acids is 1. The molecular formula is C14H29NO3. The van der Waals surface area contributed by atoms with E-state index in [1.165, 1.54) is 25.7 Å². The Morgan fingerprint density at radius 1 is 1.11 bits per heavy atom. The SMILES string of the molecule is CCCCCCCN(CCCO)CC(C)C(=O)O. The summed E-state index contributed by atoms with van der Waals surface area (Å²) in [6, 6.07) is 0. The average Bonchev–Trinajstić information content (AvgIpc) is 2.34. The van der Waals surface area contributed by atoms with Gasteiger partial charge in [-0.05, 0) is 19.4 Å². The van der Waals surface area contributed by atoms with Gasteiger partial charge in [0.25, 0.3) is 0 Å². The minimum Gasteiger partial charge on any atom is -0.481 e. The van der Waals surface area contributed by atoms with Crippen molar-refractivity contribution in [1.29, 1.82) is 0 Å². The number of unbranched alkanes of at least 4 members (excludes halogenated alkanes) is 4. The highest BCUT2D eigenvalue weighted by molar-refractivity contribution is 5.69. The van der Waals surface area contributed by atoms with E-state index in [0.717, 1.165) is 25.9 Å². The van der Waals surface area contributed by atoms with Gasteiger partial charge in [0.15, 0.2) is 0 Å². The molecule has 0 aromatic carbocycles. The predicted molar refractivity (Wildman–Crippen MR) is 73.7 cm³/mol. The lowest BCUT2D eigenvalue weighted by Crippen LogP contribution is -2.33. The van der Waals surface area contributed by atoms with Gasteiger partial charge in [-0.25, -0.2) is 0 Å². The molecule has 108 valence electrons. The summed E-state index contributed by atoms with van der Waals surface area (Å²) in [5, 5.41) is 17.8. The van der Waals surface area contributed by atoms with Crippen LogP contribution in [0.3, 0.4) is 0 Å². The van der Waals surface area contributed by atoms with Gasteiger partial charge in [-0.3, -0.25) is 4.79 Å². The Labute approximate surface area is 111 Å². The monoisotopic (exact) mass is 259 g/mol. The smallest absolute Gasteiger partial charge is 0.307 e. The summed E-state index contributed by atoms with van der Waals surface area (Å²) < 4.78 is 0. The number of nitrogens with zero attached hydrogens (tertiary/aromatic N) is 1. The number of hydrogen-bond acceptors (Lipinski definition) is 3. The van der Waals surface area contributed by atoms with E-state index in [9.17, 15) is 4.79 Å². The van der Waals surface area contributed by atoms with Crippen molar-refractivity contribution in [2.24, 2.45) is 5.92 Å². The average molecular weight is 259 g/mol. The highest BCUT2D eigenvalue weighted by atomic mass is 16.4. The minimum atomic E-state index is -0.741. The molecule has 2 N–H and O–H groups in total. The topological polar surface area (TPSA) is 60.8 Å². The summed E-state index contributed by atoms with van der Waals surface area (Å²) in [5.41, 5.74) is 0. The third-order valence-corrected chi connectivity index (χ3v) is 3.16. The first-order valence-corrected chi connectivity index (χ1v) is 7.17. The van der Waals surface area contributed by atoms with Gasteiger partial charge in [0.2, 0.25) is 0 Å². The Morgan fingerprint density at radius 3 is 2.28 bits per heavy atom. The largest absolute Gasteiger partial charge is 0.481 e. The molecule has 0 heterocycles. The normalized spacial score (nSPS) is 12.9. The van der Waals surface area contributed by atoms with Crippen LogP contribution in [0.4, 0.5) is 0 Å². The van der Waals surface area contributed by atoms with Gasteiger partial charge in [-0.2, -0.15) is 0 Å². The second-order valence-corrected chi connectivity index (χ2v) is 5.03. The molecule has 18 heavy (non-hydrogen) atoms. The van der Waals surface area contributed by atoms with Gasteiger partial charge in [0.1, 0.15) is 0 Å². The molecule has 0 aliphatic heterocycles. The van der Waals surface area contributed by atoms with Gasteiger partial charge < -0.3 is 15.1 Å². The van der Waals surface area contributed by atoms with Crippen LogP contribution >= 0.6 is 0 Å². The number of aliphatic hydroxyl groups excluding tert-OH is 1. The molecule has 0 bridgehead atoms. The maximum atomic E-state index is 10.8. The highest BCUT2D eigenvalue weighted by Gasteiger charge is 2.15. The van der Waals surface area contributed by atoms with Crippen molar-refractivity contribution in [2.45, 2.75) is 52.4 Å². The quantitative estimate of drug-likeness (QED) is 0.528. The van der Waals surface area contributed by atoms with E-state index < -0.39 is 5.97 Å². The summed E-state index contributed by atoms with van der Waals surface area (Å²) in [6.07, 6.45) is 6.84. The summed E-state index contributed by atoms with van der Waals surface area (Å²) in [4.78, 5) is 13.0. The molecule has 0 amide bonds. The Morgan fingerprint density at radius 2 is 1.72 bits per heavy atom. The Hall–Kier alpha value is -0.610. The second kappa shape index (κ2) is 11.5. The standard InChI is InChI=1S/C14H29NO3/c1-3-4-5-6-7-9-15(10-8-11-16)12-13(2)14(17)18/h13,16H,3-12H2,1-2H3,(H,17,18). The zero-order valence-electron chi connectivity index (χ0n) is 11.9. The van der Waals surface area contributed by atoms with E-state index in [2.05, 4.69) is 11.8 Å². The fraction of sp³-hybridized carbons (Fsp3) is 0.929. The first-order valence-electron chi connectivity index (χ1n) is 7.17. The van der Waals surface area contributed by atoms with E-state index in [1.807, 2.05) is 0 Å². The van der Waals surface area contributed by atoms with Crippen LogP contribution in [0, 0.1) is 5.92 Å². The van der Waals surface area contributed by atoms with E-state index in [-0.39, 0.29) is 12.5 Å². The molecule has 0 radical (unpaired) electrons. The minimum absolute atomic E-state index is 0.174. The van der Waals surface area contributed by atoms with Crippen LogP contribution in [0.5, 0.6) is 0 Å². The van der Waals surface area contributed by atoms with Gasteiger partial charge in [-0.15, -0.1) is 0 Å². The van der Waals surface area contributed by atoms with Crippen molar-refractivity contribution in [3.8, 4) is 0 Å². The molecule has 4 nitrogen and oxygen atoms in total. The molecular weight excluding hydrogens is 230 g/mol. The van der Waals surface area contributed by atoms with E-state index in [1.54, 1.807) is 6.92 Å². The van der Waals surface area contributed by atoms with Crippen molar-refractivity contribution in [1.82, 2.24) is 4.90 Å².